The van der Waals surface area contributed by atoms with Gasteiger partial charge in [0.15, 0.2) is 0 Å². The Hall–Kier alpha value is -1.50. The van der Waals surface area contributed by atoms with E-state index in [1.807, 2.05) is 41.8 Å². The number of hydrogen-bond donors (Lipinski definition) is 1. The molecule has 3 aromatic rings. The molecule has 0 amide bonds. The van der Waals surface area contributed by atoms with Crippen molar-refractivity contribution in [1.82, 2.24) is 10.1 Å². The lowest BCUT2D eigenvalue weighted by molar-refractivity contribution is 0.368. The fourth-order valence-corrected chi connectivity index (χ4v) is 2.81. The van der Waals surface area contributed by atoms with Gasteiger partial charge in [-0.3, -0.25) is 0 Å². The van der Waals surface area contributed by atoms with E-state index in [4.69, 9.17) is 10.3 Å². The first-order valence-electron chi connectivity index (χ1n) is 5.62. The first-order valence-corrected chi connectivity index (χ1v) is 7.30. The van der Waals surface area contributed by atoms with Crippen LogP contribution in [0.3, 0.4) is 0 Å². The molecule has 1 atom stereocenters. The van der Waals surface area contributed by atoms with Gasteiger partial charge in [0.1, 0.15) is 6.04 Å². The summed E-state index contributed by atoms with van der Waals surface area (Å²) in [6, 6.07) is 11.3. The van der Waals surface area contributed by atoms with E-state index in [1.165, 1.54) is 0 Å². The molecule has 2 N–H and O–H groups in total. The Balaban J connectivity index is 1.91. The highest BCUT2D eigenvalue weighted by molar-refractivity contribution is 9.10. The molecule has 4 nitrogen and oxygen atoms in total. The van der Waals surface area contributed by atoms with Gasteiger partial charge >= 0.3 is 0 Å². The van der Waals surface area contributed by atoms with Crippen molar-refractivity contribution in [2.45, 2.75) is 6.04 Å². The fourth-order valence-electron chi connectivity index (χ4n) is 1.70. The minimum Gasteiger partial charge on any atom is -0.337 e. The molecule has 2 aromatic heterocycles. The Morgan fingerprint density at radius 2 is 2.16 bits per heavy atom. The predicted octanol–water partition coefficient (Wildman–Crippen LogP) is 3.61. The zero-order valence-electron chi connectivity index (χ0n) is 9.79. The molecule has 0 saturated heterocycles. The van der Waals surface area contributed by atoms with Crippen LogP contribution in [0.15, 0.2) is 50.8 Å². The van der Waals surface area contributed by atoms with Gasteiger partial charge in [0.25, 0.3) is 0 Å². The monoisotopic (exact) mass is 335 g/mol. The third kappa shape index (κ3) is 2.60. The first kappa shape index (κ1) is 12.5. The van der Waals surface area contributed by atoms with Crippen molar-refractivity contribution < 1.29 is 4.52 Å². The summed E-state index contributed by atoms with van der Waals surface area (Å²) in [5.74, 6) is 0.973. The third-order valence-corrected chi connectivity index (χ3v) is 4.09. The zero-order chi connectivity index (χ0) is 13.2. The maximum absolute atomic E-state index is 6.09. The van der Waals surface area contributed by atoms with Gasteiger partial charge in [0, 0.05) is 14.9 Å². The summed E-state index contributed by atoms with van der Waals surface area (Å²) in [6.07, 6.45) is 0. The minimum absolute atomic E-state index is 0.367. The van der Waals surface area contributed by atoms with Crippen LogP contribution in [0, 0.1) is 0 Å². The van der Waals surface area contributed by atoms with Gasteiger partial charge in [0.2, 0.25) is 11.7 Å². The van der Waals surface area contributed by atoms with Crippen LogP contribution >= 0.6 is 27.3 Å². The van der Waals surface area contributed by atoms with Gasteiger partial charge in [-0.25, -0.2) is 0 Å². The molecule has 1 unspecified atom stereocenters. The van der Waals surface area contributed by atoms with Gasteiger partial charge in [-0.05, 0) is 23.6 Å². The highest BCUT2D eigenvalue weighted by Crippen LogP contribution is 2.25. The second kappa shape index (κ2) is 5.24. The van der Waals surface area contributed by atoms with Crippen molar-refractivity contribution in [3.63, 3.8) is 0 Å². The number of aromatic nitrogens is 2. The standard InChI is InChI=1S/C13H10BrN3OS/c14-9-4-1-3-8(7-9)12-16-13(18-17-12)11(15)10-5-2-6-19-10/h1-7,11H,15H2. The average molecular weight is 336 g/mol. The van der Waals surface area contributed by atoms with Crippen molar-refractivity contribution in [1.29, 1.82) is 0 Å². The van der Waals surface area contributed by atoms with Gasteiger partial charge in [0.05, 0.1) is 0 Å². The fraction of sp³-hybridized carbons (Fsp3) is 0.0769. The summed E-state index contributed by atoms with van der Waals surface area (Å²) >= 11 is 4.99. The maximum atomic E-state index is 6.09. The zero-order valence-corrected chi connectivity index (χ0v) is 12.2. The SMILES string of the molecule is NC(c1nc(-c2cccc(Br)c2)no1)c1cccs1. The molecule has 0 spiro atoms. The second-order valence-electron chi connectivity index (χ2n) is 3.96. The summed E-state index contributed by atoms with van der Waals surface area (Å²) in [7, 11) is 0. The van der Waals surface area contributed by atoms with Gasteiger partial charge in [-0.2, -0.15) is 4.98 Å². The number of halogens is 1. The van der Waals surface area contributed by atoms with Crippen molar-refractivity contribution in [2.24, 2.45) is 5.73 Å². The highest BCUT2D eigenvalue weighted by Gasteiger charge is 2.18. The summed E-state index contributed by atoms with van der Waals surface area (Å²) in [4.78, 5) is 5.36. The van der Waals surface area contributed by atoms with E-state index >= 15 is 0 Å². The lowest BCUT2D eigenvalue weighted by Gasteiger charge is -2.01. The molecule has 1 aromatic carbocycles. The third-order valence-electron chi connectivity index (χ3n) is 2.64. The molecule has 0 radical (unpaired) electrons. The Kier molecular flexibility index (Phi) is 3.46. The Labute approximate surface area is 122 Å². The van der Waals surface area contributed by atoms with Crippen LogP contribution in [0.2, 0.25) is 0 Å². The number of benzene rings is 1. The largest absolute Gasteiger partial charge is 0.337 e. The average Bonchev–Trinajstić information content (AvgIpc) is 3.10. The molecule has 0 fully saturated rings. The van der Waals surface area contributed by atoms with E-state index in [9.17, 15) is 0 Å². The van der Waals surface area contributed by atoms with Crippen molar-refractivity contribution in [2.75, 3.05) is 0 Å². The Bertz CT molecular complexity index is 681. The van der Waals surface area contributed by atoms with Crippen LogP contribution in [0.25, 0.3) is 11.4 Å². The Morgan fingerprint density at radius 3 is 2.89 bits per heavy atom. The van der Waals surface area contributed by atoms with Crippen LogP contribution in [-0.4, -0.2) is 10.1 Å². The van der Waals surface area contributed by atoms with Crippen LogP contribution < -0.4 is 5.73 Å². The van der Waals surface area contributed by atoms with Crippen LogP contribution in [0.4, 0.5) is 0 Å². The summed E-state index contributed by atoms with van der Waals surface area (Å²) < 4.78 is 6.22. The predicted molar refractivity (Wildman–Crippen MR) is 77.8 cm³/mol. The molecule has 0 aliphatic rings. The molecule has 3 rings (SSSR count). The number of thiophene rings is 1. The molecule has 0 saturated carbocycles. The summed E-state index contributed by atoms with van der Waals surface area (Å²) in [6.45, 7) is 0. The van der Waals surface area contributed by atoms with Crippen molar-refractivity contribution in [3.8, 4) is 11.4 Å². The molecule has 19 heavy (non-hydrogen) atoms. The lowest BCUT2D eigenvalue weighted by atomic mass is 10.2. The second-order valence-corrected chi connectivity index (χ2v) is 5.85. The van der Waals surface area contributed by atoms with Gasteiger partial charge in [-0.1, -0.05) is 39.3 Å². The van der Waals surface area contributed by atoms with Crippen LogP contribution in [-0.2, 0) is 0 Å². The van der Waals surface area contributed by atoms with Crippen LogP contribution in [0.5, 0.6) is 0 Å². The molecule has 2 heterocycles. The molecule has 6 heteroatoms. The molecule has 0 bridgehead atoms. The van der Waals surface area contributed by atoms with E-state index in [0.29, 0.717) is 11.7 Å². The highest BCUT2D eigenvalue weighted by atomic mass is 79.9. The number of nitrogens with zero attached hydrogens (tertiary/aromatic N) is 2. The molecular formula is C13H10BrN3OS. The summed E-state index contributed by atoms with van der Waals surface area (Å²) in [5, 5.41) is 5.95. The number of rotatable bonds is 3. The van der Waals surface area contributed by atoms with Gasteiger partial charge < -0.3 is 10.3 Å². The molecule has 96 valence electrons. The first-order chi connectivity index (χ1) is 9.24. The van der Waals surface area contributed by atoms with Crippen molar-refractivity contribution >= 4 is 27.3 Å². The lowest BCUT2D eigenvalue weighted by Crippen LogP contribution is -2.10. The molecule has 0 aliphatic heterocycles. The number of hydrogen-bond acceptors (Lipinski definition) is 5. The molecular weight excluding hydrogens is 326 g/mol. The quantitative estimate of drug-likeness (QED) is 0.794. The van der Waals surface area contributed by atoms with Crippen LogP contribution in [0.1, 0.15) is 16.8 Å². The van der Waals surface area contributed by atoms with E-state index < -0.39 is 0 Å². The van der Waals surface area contributed by atoms with E-state index in [2.05, 4.69) is 26.1 Å². The van der Waals surface area contributed by atoms with Gasteiger partial charge in [-0.15, -0.1) is 11.3 Å². The minimum atomic E-state index is -0.367. The van der Waals surface area contributed by atoms with E-state index in [-0.39, 0.29) is 6.04 Å². The smallest absolute Gasteiger partial charge is 0.249 e. The number of nitrogens with two attached hydrogens (primary N) is 1. The molecule has 0 aliphatic carbocycles. The normalized spacial score (nSPS) is 12.5. The van der Waals surface area contributed by atoms with E-state index in [1.54, 1.807) is 11.3 Å². The van der Waals surface area contributed by atoms with Crippen molar-refractivity contribution in [3.05, 3.63) is 57.0 Å². The maximum Gasteiger partial charge on any atom is 0.249 e. The van der Waals surface area contributed by atoms with E-state index in [0.717, 1.165) is 14.9 Å². The topological polar surface area (TPSA) is 64.9 Å². The summed E-state index contributed by atoms with van der Waals surface area (Å²) in [5.41, 5.74) is 6.98. The Morgan fingerprint density at radius 1 is 1.26 bits per heavy atom.